The van der Waals surface area contributed by atoms with Crippen molar-refractivity contribution >= 4 is 20.0 Å². The second kappa shape index (κ2) is 5.57. The molecule has 1 aliphatic rings. The van der Waals surface area contributed by atoms with Crippen molar-refractivity contribution in [2.24, 2.45) is 0 Å². The van der Waals surface area contributed by atoms with Crippen LogP contribution < -0.4 is 0 Å². The molecule has 1 amide bonds. The summed E-state index contributed by atoms with van der Waals surface area (Å²) in [6, 6.07) is -0.690. The van der Waals surface area contributed by atoms with Gasteiger partial charge in [0, 0.05) is 6.42 Å². The summed E-state index contributed by atoms with van der Waals surface area (Å²) in [6.45, 7) is 8.31. The lowest BCUT2D eigenvalue weighted by atomic mass is 10.2. The van der Waals surface area contributed by atoms with Crippen LogP contribution in [-0.4, -0.2) is 44.0 Å². The molecular weight excluding hydrogens is 246 g/mol. The Bertz CT molecular complexity index is 403. The molecule has 0 radical (unpaired) electrons. The highest BCUT2D eigenvalue weighted by Crippen LogP contribution is 2.22. The normalized spacial score (nSPS) is 21.3. The van der Waals surface area contributed by atoms with Gasteiger partial charge in [-0.05, 0) is 13.3 Å². The first-order valence-electron chi connectivity index (χ1n) is 6.18. The average Bonchev–Trinajstić information content (AvgIpc) is 2.66. The standard InChI is InChI=1S/C13H21NO3Si/c1-10(8-9-18(3,4)5)14-11(13(16)17-2)6-7-12(14)15/h10-11H,6-7H2,1-5H3. The number of carbonyl (C=O) groups is 2. The Hall–Kier alpha value is -1.28. The lowest BCUT2D eigenvalue weighted by Gasteiger charge is -2.26. The predicted octanol–water partition coefficient (Wildman–Crippen LogP) is 1.42. The third-order valence-corrected chi connectivity index (χ3v) is 3.70. The van der Waals surface area contributed by atoms with Crippen molar-refractivity contribution in [1.82, 2.24) is 4.90 Å². The van der Waals surface area contributed by atoms with Gasteiger partial charge in [0.1, 0.15) is 14.1 Å². The summed E-state index contributed by atoms with van der Waals surface area (Å²) in [5.74, 6) is 2.76. The SMILES string of the molecule is COC(=O)C1CCC(=O)N1C(C)C#C[Si](C)(C)C. The van der Waals surface area contributed by atoms with Crippen LogP contribution in [0.5, 0.6) is 0 Å². The third kappa shape index (κ3) is 3.60. The van der Waals surface area contributed by atoms with Gasteiger partial charge in [-0.25, -0.2) is 4.79 Å². The minimum atomic E-state index is -1.47. The lowest BCUT2D eigenvalue weighted by molar-refractivity contribution is -0.149. The third-order valence-electron chi connectivity index (χ3n) is 2.80. The van der Waals surface area contributed by atoms with E-state index in [1.165, 1.54) is 7.11 Å². The molecule has 1 saturated heterocycles. The molecule has 1 aliphatic heterocycles. The van der Waals surface area contributed by atoms with Crippen molar-refractivity contribution in [1.29, 1.82) is 0 Å². The zero-order valence-electron chi connectivity index (χ0n) is 11.7. The number of methoxy groups -OCH3 is 1. The molecular formula is C13H21NO3Si. The van der Waals surface area contributed by atoms with Gasteiger partial charge in [0.25, 0.3) is 0 Å². The first-order chi connectivity index (χ1) is 8.26. The first-order valence-corrected chi connectivity index (χ1v) is 9.68. The highest BCUT2D eigenvalue weighted by atomic mass is 28.3. The van der Waals surface area contributed by atoms with Crippen LogP contribution in [0.1, 0.15) is 19.8 Å². The van der Waals surface area contributed by atoms with Crippen LogP contribution in [0.15, 0.2) is 0 Å². The number of likely N-dealkylation sites (tertiary alicyclic amines) is 1. The van der Waals surface area contributed by atoms with Crippen molar-refractivity contribution in [3.63, 3.8) is 0 Å². The van der Waals surface area contributed by atoms with Gasteiger partial charge in [-0.1, -0.05) is 25.6 Å². The van der Waals surface area contributed by atoms with Crippen molar-refractivity contribution in [3.05, 3.63) is 0 Å². The summed E-state index contributed by atoms with van der Waals surface area (Å²) in [5.41, 5.74) is 3.24. The molecule has 1 fully saturated rings. The summed E-state index contributed by atoms with van der Waals surface area (Å²) >= 11 is 0. The molecule has 0 spiro atoms. The van der Waals surface area contributed by atoms with E-state index >= 15 is 0 Å². The van der Waals surface area contributed by atoms with Crippen molar-refractivity contribution in [2.75, 3.05) is 7.11 Å². The van der Waals surface area contributed by atoms with E-state index < -0.39 is 14.1 Å². The quantitative estimate of drug-likeness (QED) is 0.432. The lowest BCUT2D eigenvalue weighted by Crippen LogP contribution is -2.44. The fourth-order valence-electron chi connectivity index (χ4n) is 1.95. The molecule has 5 heteroatoms. The second-order valence-electron chi connectivity index (χ2n) is 5.57. The van der Waals surface area contributed by atoms with E-state index in [-0.39, 0.29) is 17.9 Å². The molecule has 1 rings (SSSR count). The molecule has 4 nitrogen and oxygen atoms in total. The zero-order chi connectivity index (χ0) is 13.9. The van der Waals surface area contributed by atoms with E-state index in [4.69, 9.17) is 4.74 Å². The predicted molar refractivity (Wildman–Crippen MR) is 72.5 cm³/mol. The Balaban J connectivity index is 2.86. The Labute approximate surface area is 110 Å². The molecule has 100 valence electrons. The van der Waals surface area contributed by atoms with Gasteiger partial charge in [0.2, 0.25) is 5.91 Å². The van der Waals surface area contributed by atoms with Gasteiger partial charge in [-0.3, -0.25) is 4.79 Å². The number of carbonyl (C=O) groups excluding carboxylic acids is 2. The summed E-state index contributed by atoms with van der Waals surface area (Å²) in [7, 11) is -0.117. The van der Waals surface area contributed by atoms with E-state index in [0.29, 0.717) is 12.8 Å². The maximum atomic E-state index is 11.8. The van der Waals surface area contributed by atoms with Crippen LogP contribution in [0.2, 0.25) is 19.6 Å². The average molecular weight is 267 g/mol. The Morgan fingerprint density at radius 1 is 1.50 bits per heavy atom. The number of ether oxygens (including phenoxy) is 1. The monoisotopic (exact) mass is 267 g/mol. The number of nitrogens with zero attached hydrogens (tertiary/aromatic N) is 1. The largest absolute Gasteiger partial charge is 0.467 e. The maximum absolute atomic E-state index is 11.8. The van der Waals surface area contributed by atoms with Crippen molar-refractivity contribution in [2.45, 2.75) is 51.5 Å². The van der Waals surface area contributed by atoms with Gasteiger partial charge in [-0.15, -0.1) is 5.54 Å². The highest BCUT2D eigenvalue weighted by Gasteiger charge is 2.39. The molecule has 0 N–H and O–H groups in total. The smallest absolute Gasteiger partial charge is 0.328 e. The minimum Gasteiger partial charge on any atom is -0.467 e. The number of rotatable bonds is 2. The zero-order valence-corrected chi connectivity index (χ0v) is 12.7. The highest BCUT2D eigenvalue weighted by molar-refractivity contribution is 6.83. The van der Waals surface area contributed by atoms with Gasteiger partial charge < -0.3 is 9.64 Å². The molecule has 0 aromatic carbocycles. The Morgan fingerprint density at radius 2 is 2.11 bits per heavy atom. The minimum absolute atomic E-state index is 0.0113. The fraction of sp³-hybridized carbons (Fsp3) is 0.692. The van der Waals surface area contributed by atoms with E-state index in [9.17, 15) is 9.59 Å². The van der Waals surface area contributed by atoms with Gasteiger partial charge in [-0.2, -0.15) is 0 Å². The fourth-order valence-corrected chi connectivity index (χ4v) is 2.59. The molecule has 18 heavy (non-hydrogen) atoms. The van der Waals surface area contributed by atoms with Crippen molar-refractivity contribution < 1.29 is 14.3 Å². The Morgan fingerprint density at radius 3 is 2.61 bits per heavy atom. The number of hydrogen-bond donors (Lipinski definition) is 0. The van der Waals surface area contributed by atoms with Crippen LogP contribution in [0.3, 0.4) is 0 Å². The summed E-state index contributed by atoms with van der Waals surface area (Å²) in [5, 5.41) is 0. The van der Waals surface area contributed by atoms with Gasteiger partial charge in [0.05, 0.1) is 13.2 Å². The van der Waals surface area contributed by atoms with Crippen LogP contribution >= 0.6 is 0 Å². The van der Waals surface area contributed by atoms with Crippen LogP contribution in [0.25, 0.3) is 0 Å². The van der Waals surface area contributed by atoms with E-state index in [1.807, 2.05) is 6.92 Å². The maximum Gasteiger partial charge on any atom is 0.328 e. The molecule has 0 aliphatic carbocycles. The number of esters is 1. The second-order valence-corrected chi connectivity index (χ2v) is 10.3. The van der Waals surface area contributed by atoms with Gasteiger partial charge in [0.15, 0.2) is 0 Å². The number of hydrogen-bond acceptors (Lipinski definition) is 3. The molecule has 2 atom stereocenters. The van der Waals surface area contributed by atoms with E-state index in [1.54, 1.807) is 4.90 Å². The van der Waals surface area contributed by atoms with Crippen molar-refractivity contribution in [3.8, 4) is 11.5 Å². The van der Waals surface area contributed by atoms with E-state index in [0.717, 1.165) is 0 Å². The molecule has 0 aromatic heterocycles. The molecule has 2 unspecified atom stereocenters. The molecule has 0 aromatic rings. The van der Waals surface area contributed by atoms with Crippen LogP contribution in [0, 0.1) is 11.5 Å². The molecule has 0 bridgehead atoms. The van der Waals surface area contributed by atoms with Gasteiger partial charge >= 0.3 is 5.97 Å². The molecule has 0 saturated carbocycles. The summed E-state index contributed by atoms with van der Waals surface area (Å²) in [6.07, 6.45) is 0.934. The topological polar surface area (TPSA) is 46.6 Å². The summed E-state index contributed by atoms with van der Waals surface area (Å²) < 4.78 is 4.74. The summed E-state index contributed by atoms with van der Waals surface area (Å²) in [4.78, 5) is 25.0. The Kier molecular flexibility index (Phi) is 4.57. The van der Waals surface area contributed by atoms with Crippen LogP contribution in [0.4, 0.5) is 0 Å². The van der Waals surface area contributed by atoms with Crippen LogP contribution in [-0.2, 0) is 14.3 Å². The molecule has 1 heterocycles. The first kappa shape index (κ1) is 14.8. The van der Waals surface area contributed by atoms with E-state index in [2.05, 4.69) is 31.1 Å². The number of amides is 1.